The van der Waals surface area contributed by atoms with Gasteiger partial charge in [-0.05, 0) is 19.3 Å². The molecule has 1 aliphatic rings. The van der Waals surface area contributed by atoms with E-state index in [-0.39, 0.29) is 0 Å². The molecule has 0 unspecified atom stereocenters. The van der Waals surface area contributed by atoms with Crippen LogP contribution in [0.2, 0.25) is 0 Å². The molecule has 1 aliphatic heterocycles. The Morgan fingerprint density at radius 2 is 2.22 bits per heavy atom. The molecule has 0 N–H and O–H groups in total. The largest absolute Gasteiger partial charge is 0.378 e. The zero-order valence-electron chi connectivity index (χ0n) is 6.13. The quantitative estimate of drug-likeness (QED) is 0.451. The average molecular weight is 126 g/mol. The molecule has 0 amide bonds. The normalized spacial score (nSPS) is 36.2. The maximum Gasteiger partial charge on any atom is 0.0607 e. The molecule has 2 atom stereocenters. The number of hydrogen-bond acceptors (Lipinski definition) is 1. The average Bonchev–Trinajstić information content (AvgIpc) is 1.99. The second-order valence-electron chi connectivity index (χ2n) is 2.65. The molecule has 1 rings (SSSR count). The topological polar surface area (TPSA) is 9.23 Å². The maximum atomic E-state index is 5.45. The van der Waals surface area contributed by atoms with E-state index < -0.39 is 0 Å². The minimum Gasteiger partial charge on any atom is -0.378 e. The van der Waals surface area contributed by atoms with Gasteiger partial charge in [-0.25, -0.2) is 0 Å². The van der Waals surface area contributed by atoms with Gasteiger partial charge < -0.3 is 4.74 Å². The number of rotatable bonds is 0. The second kappa shape index (κ2) is 3.02. The lowest BCUT2D eigenvalue weighted by atomic mass is 10.1. The van der Waals surface area contributed by atoms with Crippen molar-refractivity contribution < 1.29 is 4.74 Å². The third-order valence-corrected chi connectivity index (χ3v) is 1.85. The van der Waals surface area contributed by atoms with Gasteiger partial charge in [-0.1, -0.05) is 19.1 Å². The lowest BCUT2D eigenvalue weighted by molar-refractivity contribution is 0.0510. The van der Waals surface area contributed by atoms with Gasteiger partial charge in [0, 0.05) is 0 Å². The lowest BCUT2D eigenvalue weighted by Gasteiger charge is -2.13. The fourth-order valence-electron chi connectivity index (χ4n) is 0.941. The van der Waals surface area contributed by atoms with Crippen LogP contribution in [-0.4, -0.2) is 12.7 Å². The molecule has 1 nitrogen and oxygen atoms in total. The van der Waals surface area contributed by atoms with Gasteiger partial charge in [0.05, 0.1) is 12.7 Å². The van der Waals surface area contributed by atoms with Crippen LogP contribution in [0.1, 0.15) is 20.3 Å². The molecule has 0 spiro atoms. The first-order valence-corrected chi connectivity index (χ1v) is 3.59. The van der Waals surface area contributed by atoms with Gasteiger partial charge in [0.2, 0.25) is 0 Å². The van der Waals surface area contributed by atoms with Crippen LogP contribution in [0.15, 0.2) is 12.2 Å². The highest BCUT2D eigenvalue weighted by atomic mass is 16.5. The van der Waals surface area contributed by atoms with E-state index in [1.165, 1.54) is 0 Å². The third kappa shape index (κ3) is 1.83. The Balaban J connectivity index is 2.46. The Morgan fingerprint density at radius 3 is 3.00 bits per heavy atom. The third-order valence-electron chi connectivity index (χ3n) is 1.85. The fourth-order valence-corrected chi connectivity index (χ4v) is 0.941. The summed E-state index contributed by atoms with van der Waals surface area (Å²) < 4.78 is 5.45. The second-order valence-corrected chi connectivity index (χ2v) is 2.65. The predicted octanol–water partition coefficient (Wildman–Crippen LogP) is 1.99. The minimum absolute atomic E-state index is 0.406. The standard InChI is InChI=1S/C8H14O/c1-7-5-3-4-6-9-8(7)2/h3,5,7-8H,4,6H2,1-2H3/t7-,8+/m1/s1. The van der Waals surface area contributed by atoms with Gasteiger partial charge in [0.15, 0.2) is 0 Å². The maximum absolute atomic E-state index is 5.45. The van der Waals surface area contributed by atoms with Crippen LogP contribution in [0.4, 0.5) is 0 Å². The Labute approximate surface area is 56.7 Å². The Bertz CT molecular complexity index is 107. The van der Waals surface area contributed by atoms with Crippen molar-refractivity contribution in [1.82, 2.24) is 0 Å². The Hall–Kier alpha value is -0.300. The Kier molecular flexibility index (Phi) is 2.29. The van der Waals surface area contributed by atoms with E-state index in [1.54, 1.807) is 0 Å². The Morgan fingerprint density at radius 1 is 1.44 bits per heavy atom. The van der Waals surface area contributed by atoms with Crippen LogP contribution < -0.4 is 0 Å². The van der Waals surface area contributed by atoms with Gasteiger partial charge >= 0.3 is 0 Å². The van der Waals surface area contributed by atoms with Gasteiger partial charge in [0.25, 0.3) is 0 Å². The monoisotopic (exact) mass is 126 g/mol. The molecule has 0 fully saturated rings. The van der Waals surface area contributed by atoms with Crippen molar-refractivity contribution >= 4 is 0 Å². The first-order chi connectivity index (χ1) is 4.30. The highest BCUT2D eigenvalue weighted by Gasteiger charge is 2.10. The van der Waals surface area contributed by atoms with Crippen LogP contribution in [0.3, 0.4) is 0 Å². The summed E-state index contributed by atoms with van der Waals surface area (Å²) in [4.78, 5) is 0. The van der Waals surface area contributed by atoms with Gasteiger partial charge in [-0.15, -0.1) is 0 Å². The first kappa shape index (κ1) is 6.81. The highest BCUT2D eigenvalue weighted by Crippen LogP contribution is 2.12. The van der Waals surface area contributed by atoms with E-state index in [2.05, 4.69) is 26.0 Å². The molecular formula is C8H14O. The summed E-state index contributed by atoms with van der Waals surface area (Å²) >= 11 is 0. The van der Waals surface area contributed by atoms with Crippen molar-refractivity contribution in [2.45, 2.75) is 26.4 Å². The van der Waals surface area contributed by atoms with E-state index >= 15 is 0 Å². The molecule has 0 radical (unpaired) electrons. The molecule has 0 saturated carbocycles. The number of hydrogen-bond donors (Lipinski definition) is 0. The fraction of sp³-hybridized carbons (Fsp3) is 0.750. The van der Waals surface area contributed by atoms with Gasteiger partial charge in [-0.3, -0.25) is 0 Å². The van der Waals surface area contributed by atoms with Crippen LogP contribution in [0, 0.1) is 5.92 Å². The smallest absolute Gasteiger partial charge is 0.0607 e. The highest BCUT2D eigenvalue weighted by molar-refractivity contribution is 4.91. The molecule has 0 saturated heterocycles. The van der Waals surface area contributed by atoms with Crippen molar-refractivity contribution in [2.24, 2.45) is 5.92 Å². The molecule has 0 aromatic rings. The molecule has 0 aromatic heterocycles. The minimum atomic E-state index is 0.406. The zero-order valence-corrected chi connectivity index (χ0v) is 6.13. The van der Waals surface area contributed by atoms with E-state index in [1.807, 2.05) is 0 Å². The molecule has 52 valence electrons. The molecule has 0 bridgehead atoms. The summed E-state index contributed by atoms with van der Waals surface area (Å²) in [6.45, 7) is 5.20. The zero-order chi connectivity index (χ0) is 6.69. The van der Waals surface area contributed by atoms with Crippen molar-refractivity contribution in [3.05, 3.63) is 12.2 Å². The van der Waals surface area contributed by atoms with Crippen LogP contribution in [0.5, 0.6) is 0 Å². The molecule has 1 heteroatoms. The summed E-state index contributed by atoms with van der Waals surface area (Å²) in [5, 5.41) is 0. The summed E-state index contributed by atoms with van der Waals surface area (Å²) in [6.07, 6.45) is 5.92. The van der Waals surface area contributed by atoms with Gasteiger partial charge in [-0.2, -0.15) is 0 Å². The first-order valence-electron chi connectivity index (χ1n) is 3.59. The van der Waals surface area contributed by atoms with Crippen LogP contribution >= 0.6 is 0 Å². The lowest BCUT2D eigenvalue weighted by Crippen LogP contribution is -2.14. The van der Waals surface area contributed by atoms with Crippen LogP contribution in [0.25, 0.3) is 0 Å². The summed E-state index contributed by atoms with van der Waals surface area (Å²) in [6, 6.07) is 0. The van der Waals surface area contributed by atoms with Gasteiger partial charge in [0.1, 0.15) is 0 Å². The molecule has 0 aliphatic carbocycles. The molecular weight excluding hydrogens is 112 g/mol. The molecule has 0 aromatic carbocycles. The summed E-state index contributed by atoms with van der Waals surface area (Å²) in [5.41, 5.74) is 0. The summed E-state index contributed by atoms with van der Waals surface area (Å²) in [5.74, 6) is 0.590. The van der Waals surface area contributed by atoms with Crippen molar-refractivity contribution in [2.75, 3.05) is 6.61 Å². The number of ether oxygens (including phenoxy) is 1. The van der Waals surface area contributed by atoms with E-state index in [9.17, 15) is 0 Å². The molecule has 1 heterocycles. The van der Waals surface area contributed by atoms with Crippen molar-refractivity contribution in [3.63, 3.8) is 0 Å². The van der Waals surface area contributed by atoms with E-state index in [0.29, 0.717) is 12.0 Å². The molecule has 9 heavy (non-hydrogen) atoms. The van der Waals surface area contributed by atoms with Crippen LogP contribution in [-0.2, 0) is 4.74 Å². The summed E-state index contributed by atoms with van der Waals surface area (Å²) in [7, 11) is 0. The predicted molar refractivity (Wildman–Crippen MR) is 38.3 cm³/mol. The van der Waals surface area contributed by atoms with Crippen molar-refractivity contribution in [1.29, 1.82) is 0 Å². The SMILES string of the molecule is C[C@@H]1C=CCCO[C@H]1C. The van der Waals surface area contributed by atoms with E-state index in [4.69, 9.17) is 4.74 Å². The van der Waals surface area contributed by atoms with E-state index in [0.717, 1.165) is 13.0 Å². The van der Waals surface area contributed by atoms with Crippen molar-refractivity contribution in [3.8, 4) is 0 Å².